The van der Waals surface area contributed by atoms with E-state index < -0.39 is 0 Å². The molecule has 1 aromatic heterocycles. The van der Waals surface area contributed by atoms with Gasteiger partial charge in [0.2, 0.25) is 0 Å². The molecule has 0 radical (unpaired) electrons. The minimum absolute atomic E-state index is 0.122. The highest BCUT2D eigenvalue weighted by Gasteiger charge is 2.41. The molecule has 0 fully saturated rings. The highest BCUT2D eigenvalue weighted by molar-refractivity contribution is 9.10. The third-order valence-corrected chi connectivity index (χ3v) is 7.87. The van der Waals surface area contributed by atoms with Crippen LogP contribution in [0.15, 0.2) is 57.5 Å². The number of rotatable bonds is 3. The van der Waals surface area contributed by atoms with E-state index in [9.17, 15) is 10.1 Å². The topological polar surface area (TPSA) is 70.1 Å². The molecule has 2 heterocycles. The Morgan fingerprint density at radius 1 is 1.34 bits per heavy atom. The Bertz CT molecular complexity index is 1110. The van der Waals surface area contributed by atoms with Crippen molar-refractivity contribution in [1.29, 1.82) is 5.26 Å². The first-order valence-electron chi connectivity index (χ1n) is 9.77. The summed E-state index contributed by atoms with van der Waals surface area (Å²) in [7, 11) is 0. The molecule has 1 aromatic carbocycles. The van der Waals surface area contributed by atoms with Gasteiger partial charge in [-0.3, -0.25) is 9.69 Å². The van der Waals surface area contributed by atoms with Gasteiger partial charge in [0.25, 0.3) is 0 Å². The lowest BCUT2D eigenvalue weighted by atomic mass is 9.78. The third kappa shape index (κ3) is 3.33. The van der Waals surface area contributed by atoms with Crippen LogP contribution in [0.4, 0.5) is 5.69 Å². The quantitative estimate of drug-likeness (QED) is 0.629. The normalized spacial score (nSPS) is 19.4. The fourth-order valence-corrected chi connectivity index (χ4v) is 6.28. The van der Waals surface area contributed by atoms with E-state index in [2.05, 4.69) is 28.9 Å². The number of hydrogen-bond acceptors (Lipinski definition) is 5. The molecule has 0 saturated carbocycles. The number of thiophene rings is 1. The van der Waals surface area contributed by atoms with Crippen LogP contribution in [0.2, 0.25) is 0 Å². The van der Waals surface area contributed by atoms with E-state index in [4.69, 9.17) is 5.73 Å². The van der Waals surface area contributed by atoms with Crippen LogP contribution in [0.25, 0.3) is 0 Å². The van der Waals surface area contributed by atoms with Crippen LogP contribution in [0.5, 0.6) is 0 Å². The molecule has 29 heavy (non-hydrogen) atoms. The van der Waals surface area contributed by atoms with Gasteiger partial charge >= 0.3 is 0 Å². The van der Waals surface area contributed by atoms with Gasteiger partial charge in [0.15, 0.2) is 5.78 Å². The van der Waals surface area contributed by atoms with Crippen molar-refractivity contribution in [3.63, 3.8) is 0 Å². The summed E-state index contributed by atoms with van der Waals surface area (Å²) in [6.07, 6.45) is 2.99. The van der Waals surface area contributed by atoms with Gasteiger partial charge in [0.05, 0.1) is 17.6 Å². The zero-order valence-corrected chi connectivity index (χ0v) is 18.9. The van der Waals surface area contributed by atoms with Gasteiger partial charge in [-0.25, -0.2) is 0 Å². The summed E-state index contributed by atoms with van der Waals surface area (Å²) in [5.74, 6) is 0.168. The predicted molar refractivity (Wildman–Crippen MR) is 121 cm³/mol. The van der Waals surface area contributed by atoms with Gasteiger partial charge < -0.3 is 5.73 Å². The molecule has 1 aliphatic heterocycles. The van der Waals surface area contributed by atoms with E-state index in [0.717, 1.165) is 51.1 Å². The molecule has 2 aromatic rings. The number of carbonyl (C=O) groups is 1. The molecule has 6 heteroatoms. The van der Waals surface area contributed by atoms with Crippen molar-refractivity contribution >= 4 is 38.7 Å². The molecule has 2 aliphatic rings. The van der Waals surface area contributed by atoms with Crippen LogP contribution >= 0.6 is 27.3 Å². The van der Waals surface area contributed by atoms with Crippen molar-refractivity contribution in [2.24, 2.45) is 5.73 Å². The number of anilines is 1. The molecule has 1 aliphatic carbocycles. The molecule has 4 rings (SSSR count). The van der Waals surface area contributed by atoms with Gasteiger partial charge in [0.1, 0.15) is 5.82 Å². The molecule has 0 amide bonds. The standard InChI is InChI=1S/C23H22BrN3OS/c1-3-19-16(24)11-20(29-19)21-15(12-25)23(26)27(14-7-4-6-13(2)10-14)17-8-5-9-18(28)22(17)21/h4,6-7,10-11,21H,3,5,8-9,26H2,1-2H3. The van der Waals surface area contributed by atoms with E-state index in [1.54, 1.807) is 11.3 Å². The van der Waals surface area contributed by atoms with Crippen molar-refractivity contribution in [2.75, 3.05) is 4.90 Å². The maximum Gasteiger partial charge on any atom is 0.161 e. The fourth-order valence-electron chi connectivity index (χ4n) is 4.24. The molecule has 2 N–H and O–H groups in total. The van der Waals surface area contributed by atoms with Crippen LogP contribution in [-0.4, -0.2) is 5.78 Å². The Hall–Kier alpha value is -2.36. The summed E-state index contributed by atoms with van der Waals surface area (Å²) < 4.78 is 1.03. The fraction of sp³-hybridized carbons (Fsp3) is 0.304. The van der Waals surface area contributed by atoms with E-state index in [0.29, 0.717) is 17.8 Å². The largest absolute Gasteiger partial charge is 0.384 e. The zero-order chi connectivity index (χ0) is 20.7. The maximum absolute atomic E-state index is 13.1. The Morgan fingerprint density at radius 3 is 2.79 bits per heavy atom. The summed E-state index contributed by atoms with van der Waals surface area (Å²) >= 11 is 5.28. The zero-order valence-electron chi connectivity index (χ0n) is 16.5. The number of benzene rings is 1. The summed E-state index contributed by atoms with van der Waals surface area (Å²) in [5.41, 5.74) is 10.7. The van der Waals surface area contributed by atoms with Crippen molar-refractivity contribution in [2.45, 2.75) is 45.4 Å². The van der Waals surface area contributed by atoms with Gasteiger partial charge in [-0.2, -0.15) is 5.26 Å². The maximum atomic E-state index is 13.1. The molecular weight excluding hydrogens is 446 g/mol. The minimum Gasteiger partial charge on any atom is -0.384 e. The number of Topliss-reactive ketones (excluding diaryl/α,β-unsaturated/α-hetero) is 1. The van der Waals surface area contributed by atoms with E-state index in [-0.39, 0.29) is 11.7 Å². The highest BCUT2D eigenvalue weighted by Crippen LogP contribution is 2.48. The van der Waals surface area contributed by atoms with Crippen molar-refractivity contribution in [1.82, 2.24) is 0 Å². The molecule has 1 unspecified atom stereocenters. The molecule has 1 atom stereocenters. The molecule has 0 bridgehead atoms. The van der Waals surface area contributed by atoms with E-state index >= 15 is 0 Å². The highest BCUT2D eigenvalue weighted by atomic mass is 79.9. The summed E-state index contributed by atoms with van der Waals surface area (Å²) in [6, 6.07) is 12.4. The number of nitriles is 1. The van der Waals surface area contributed by atoms with Gasteiger partial charge in [-0.1, -0.05) is 19.1 Å². The molecule has 4 nitrogen and oxygen atoms in total. The number of ketones is 1. The molecule has 148 valence electrons. The summed E-state index contributed by atoms with van der Waals surface area (Å²) in [6.45, 7) is 4.13. The Morgan fingerprint density at radius 2 is 2.14 bits per heavy atom. The van der Waals surface area contributed by atoms with Crippen LogP contribution in [0.3, 0.4) is 0 Å². The van der Waals surface area contributed by atoms with Crippen molar-refractivity contribution in [3.05, 3.63) is 72.8 Å². The van der Waals surface area contributed by atoms with Crippen LogP contribution in [-0.2, 0) is 11.2 Å². The number of hydrogen-bond donors (Lipinski definition) is 1. The second kappa shape index (κ2) is 7.81. The number of allylic oxidation sites excluding steroid dienone is 3. The van der Waals surface area contributed by atoms with Crippen LogP contribution in [0.1, 0.15) is 47.4 Å². The van der Waals surface area contributed by atoms with Gasteiger partial charge in [0, 0.05) is 37.6 Å². The first-order chi connectivity index (χ1) is 14.0. The van der Waals surface area contributed by atoms with E-state index in [1.807, 2.05) is 42.2 Å². The number of nitrogens with zero attached hydrogens (tertiary/aromatic N) is 2. The number of nitrogens with two attached hydrogens (primary N) is 1. The molecular formula is C23H22BrN3OS. The second-order valence-electron chi connectivity index (χ2n) is 7.43. The van der Waals surface area contributed by atoms with Gasteiger partial charge in [-0.15, -0.1) is 11.3 Å². The summed E-state index contributed by atoms with van der Waals surface area (Å²) in [5, 5.41) is 10.1. The lowest BCUT2D eigenvalue weighted by molar-refractivity contribution is -0.116. The second-order valence-corrected chi connectivity index (χ2v) is 9.45. The molecule has 0 saturated heterocycles. The lowest BCUT2D eigenvalue weighted by Gasteiger charge is -2.39. The van der Waals surface area contributed by atoms with Crippen LogP contribution < -0.4 is 10.6 Å². The van der Waals surface area contributed by atoms with Gasteiger partial charge in [-0.05, 0) is 65.9 Å². The first kappa shape index (κ1) is 19.9. The average Bonchev–Trinajstić information content (AvgIpc) is 3.07. The SMILES string of the molecule is CCc1sc(C2C(C#N)=C(N)N(c3cccc(C)c3)C3=C2C(=O)CCC3)cc1Br. The van der Waals surface area contributed by atoms with Crippen LogP contribution in [0, 0.1) is 18.3 Å². The summed E-state index contributed by atoms with van der Waals surface area (Å²) in [4.78, 5) is 17.3. The number of aryl methyl sites for hydroxylation is 2. The number of halogens is 1. The van der Waals surface area contributed by atoms with Crippen molar-refractivity contribution in [3.8, 4) is 6.07 Å². The minimum atomic E-state index is -0.384. The smallest absolute Gasteiger partial charge is 0.161 e. The first-order valence-corrected chi connectivity index (χ1v) is 11.4. The van der Waals surface area contributed by atoms with Crippen molar-refractivity contribution < 1.29 is 4.79 Å². The van der Waals surface area contributed by atoms with E-state index in [1.165, 1.54) is 4.88 Å². The number of carbonyl (C=O) groups excluding carboxylic acids is 1. The average molecular weight is 468 g/mol. The Kier molecular flexibility index (Phi) is 5.37. The Balaban J connectivity index is 1.96. The lowest BCUT2D eigenvalue weighted by Crippen LogP contribution is -2.38. The third-order valence-electron chi connectivity index (χ3n) is 5.56. The predicted octanol–water partition coefficient (Wildman–Crippen LogP) is 5.69. The Labute approximate surface area is 183 Å². The molecule has 0 spiro atoms. The monoisotopic (exact) mass is 467 g/mol.